The second-order valence-electron chi connectivity index (χ2n) is 6.04. The summed E-state index contributed by atoms with van der Waals surface area (Å²) in [6, 6.07) is 13.6. The van der Waals surface area contributed by atoms with Crippen LogP contribution in [0.4, 0.5) is 17.1 Å². The Morgan fingerprint density at radius 3 is 2.27 bits per heavy atom. The number of rotatable bonds is 7. The smallest absolute Gasteiger partial charge is 0.250 e. The van der Waals surface area contributed by atoms with E-state index in [1.165, 1.54) is 0 Å². The number of para-hydroxylation sites is 1. The van der Waals surface area contributed by atoms with E-state index < -0.39 is 5.91 Å². The fourth-order valence-corrected chi connectivity index (χ4v) is 2.19. The molecular weight excluding hydrogens is 332 g/mol. The summed E-state index contributed by atoms with van der Waals surface area (Å²) >= 11 is 0. The van der Waals surface area contributed by atoms with Crippen LogP contribution in [0.15, 0.2) is 48.5 Å². The molecule has 0 radical (unpaired) electrons. The van der Waals surface area contributed by atoms with Crippen molar-refractivity contribution in [3.05, 3.63) is 54.1 Å². The Morgan fingerprint density at radius 2 is 1.62 bits per heavy atom. The highest BCUT2D eigenvalue weighted by atomic mass is 16.2. The van der Waals surface area contributed by atoms with Gasteiger partial charge in [0.15, 0.2) is 0 Å². The van der Waals surface area contributed by atoms with Crippen LogP contribution in [0.3, 0.4) is 0 Å². The average molecular weight is 354 g/mol. The topological polar surface area (TPSA) is 113 Å². The molecule has 0 fully saturated rings. The highest BCUT2D eigenvalue weighted by Crippen LogP contribution is 2.17. The van der Waals surface area contributed by atoms with E-state index in [0.717, 1.165) is 0 Å². The minimum absolute atomic E-state index is 0.0348. The van der Waals surface area contributed by atoms with Crippen LogP contribution in [0.5, 0.6) is 0 Å². The summed E-state index contributed by atoms with van der Waals surface area (Å²) in [5.41, 5.74) is 7.28. The minimum Gasteiger partial charge on any atom is -0.376 e. The van der Waals surface area contributed by atoms with Gasteiger partial charge in [0, 0.05) is 23.0 Å². The van der Waals surface area contributed by atoms with Gasteiger partial charge in [0.1, 0.15) is 0 Å². The summed E-state index contributed by atoms with van der Waals surface area (Å²) in [5, 5.41) is 8.40. The van der Waals surface area contributed by atoms with E-state index >= 15 is 0 Å². The molecule has 0 aliphatic heterocycles. The van der Waals surface area contributed by atoms with E-state index in [0.29, 0.717) is 22.6 Å². The van der Waals surface area contributed by atoms with Gasteiger partial charge >= 0.3 is 0 Å². The van der Waals surface area contributed by atoms with Crippen molar-refractivity contribution in [2.75, 3.05) is 22.5 Å². The Kier molecular flexibility index (Phi) is 6.32. The van der Waals surface area contributed by atoms with Gasteiger partial charge in [-0.3, -0.25) is 14.4 Å². The number of carbonyl (C=O) groups excluding carboxylic acids is 3. The first-order chi connectivity index (χ1) is 12.4. The Hall–Kier alpha value is -3.35. The third kappa shape index (κ3) is 5.34. The van der Waals surface area contributed by atoms with Crippen LogP contribution in [0.25, 0.3) is 0 Å². The molecule has 5 N–H and O–H groups in total. The fourth-order valence-electron chi connectivity index (χ4n) is 2.19. The van der Waals surface area contributed by atoms with Crippen molar-refractivity contribution in [3.8, 4) is 0 Å². The predicted molar refractivity (Wildman–Crippen MR) is 102 cm³/mol. The second kappa shape index (κ2) is 8.66. The molecule has 0 aliphatic rings. The van der Waals surface area contributed by atoms with E-state index in [1.54, 1.807) is 62.4 Å². The largest absolute Gasteiger partial charge is 0.376 e. The molecule has 0 saturated carbocycles. The molecule has 0 heterocycles. The van der Waals surface area contributed by atoms with Crippen molar-refractivity contribution in [1.29, 1.82) is 0 Å². The molecule has 0 unspecified atom stereocenters. The molecular formula is C19H22N4O3. The van der Waals surface area contributed by atoms with Gasteiger partial charge in [-0.25, -0.2) is 0 Å². The van der Waals surface area contributed by atoms with Gasteiger partial charge in [-0.2, -0.15) is 0 Å². The maximum atomic E-state index is 12.1. The molecule has 136 valence electrons. The second-order valence-corrected chi connectivity index (χ2v) is 6.04. The molecule has 0 atom stereocenters. The van der Waals surface area contributed by atoms with Crippen LogP contribution >= 0.6 is 0 Å². The fraction of sp³-hybridized carbons (Fsp3) is 0.211. The van der Waals surface area contributed by atoms with Gasteiger partial charge in [-0.05, 0) is 30.3 Å². The van der Waals surface area contributed by atoms with E-state index in [2.05, 4.69) is 16.0 Å². The Balaban J connectivity index is 1.96. The number of amides is 3. The molecule has 0 aromatic heterocycles. The third-order valence-electron chi connectivity index (χ3n) is 3.57. The monoisotopic (exact) mass is 354 g/mol. The van der Waals surface area contributed by atoms with E-state index in [9.17, 15) is 14.4 Å². The molecule has 2 rings (SSSR count). The zero-order valence-corrected chi connectivity index (χ0v) is 14.7. The standard InChI is InChI=1S/C19H22N4O3/c1-12(2)19(26)23-14-7-5-6-13(10-14)22-17(24)11-21-16-9-4-3-8-15(16)18(20)25/h3-10,12,21H,11H2,1-2H3,(H2,20,25)(H,22,24)(H,23,26). The highest BCUT2D eigenvalue weighted by Gasteiger charge is 2.10. The van der Waals surface area contributed by atoms with Gasteiger partial charge in [-0.1, -0.05) is 32.0 Å². The van der Waals surface area contributed by atoms with E-state index in [1.807, 2.05) is 0 Å². The molecule has 2 aromatic carbocycles. The molecule has 26 heavy (non-hydrogen) atoms. The lowest BCUT2D eigenvalue weighted by molar-refractivity contribution is -0.119. The molecule has 0 spiro atoms. The van der Waals surface area contributed by atoms with Crippen LogP contribution in [-0.2, 0) is 9.59 Å². The summed E-state index contributed by atoms with van der Waals surface area (Å²) in [7, 11) is 0. The Bertz CT molecular complexity index is 818. The predicted octanol–water partition coefficient (Wildman–Crippen LogP) is 2.43. The van der Waals surface area contributed by atoms with E-state index in [4.69, 9.17) is 5.73 Å². The molecule has 7 heteroatoms. The van der Waals surface area contributed by atoms with Crippen molar-refractivity contribution in [3.63, 3.8) is 0 Å². The first-order valence-corrected chi connectivity index (χ1v) is 8.20. The zero-order valence-electron chi connectivity index (χ0n) is 14.7. The number of nitrogens with two attached hydrogens (primary N) is 1. The number of primary amides is 1. The Labute approximate surface area is 152 Å². The summed E-state index contributed by atoms with van der Waals surface area (Å²) in [5.74, 6) is -1.10. The van der Waals surface area contributed by atoms with Gasteiger partial charge in [0.05, 0.1) is 12.1 Å². The lowest BCUT2D eigenvalue weighted by Gasteiger charge is -2.12. The van der Waals surface area contributed by atoms with Crippen molar-refractivity contribution in [2.24, 2.45) is 11.7 Å². The van der Waals surface area contributed by atoms with Gasteiger partial charge in [0.2, 0.25) is 11.8 Å². The maximum Gasteiger partial charge on any atom is 0.250 e. The van der Waals surface area contributed by atoms with Crippen LogP contribution in [0, 0.1) is 5.92 Å². The summed E-state index contributed by atoms with van der Waals surface area (Å²) < 4.78 is 0. The first kappa shape index (κ1) is 19.0. The van der Waals surface area contributed by atoms with Crippen LogP contribution in [0.2, 0.25) is 0 Å². The zero-order chi connectivity index (χ0) is 19.1. The number of anilines is 3. The minimum atomic E-state index is -0.567. The Morgan fingerprint density at radius 1 is 0.962 bits per heavy atom. The lowest BCUT2D eigenvalue weighted by Crippen LogP contribution is -2.23. The summed E-state index contributed by atoms with van der Waals surface area (Å²) in [4.78, 5) is 35.3. The molecule has 0 aliphatic carbocycles. The molecule has 7 nitrogen and oxygen atoms in total. The van der Waals surface area contributed by atoms with Gasteiger partial charge < -0.3 is 21.7 Å². The highest BCUT2D eigenvalue weighted by molar-refractivity contribution is 6.00. The number of hydrogen-bond acceptors (Lipinski definition) is 4. The quantitative estimate of drug-likeness (QED) is 0.611. The maximum absolute atomic E-state index is 12.1. The number of benzene rings is 2. The number of nitrogens with one attached hydrogen (secondary N) is 3. The first-order valence-electron chi connectivity index (χ1n) is 8.20. The van der Waals surface area contributed by atoms with Gasteiger partial charge in [0.25, 0.3) is 5.91 Å². The average Bonchev–Trinajstić information content (AvgIpc) is 2.60. The molecule has 0 saturated heterocycles. The molecule has 2 aromatic rings. The number of carbonyl (C=O) groups is 3. The molecule has 0 bridgehead atoms. The summed E-state index contributed by atoms with van der Waals surface area (Å²) in [6.45, 7) is 3.57. The van der Waals surface area contributed by atoms with Crippen molar-refractivity contribution < 1.29 is 14.4 Å². The van der Waals surface area contributed by atoms with Crippen LogP contribution in [-0.4, -0.2) is 24.3 Å². The van der Waals surface area contributed by atoms with Crippen molar-refractivity contribution in [1.82, 2.24) is 0 Å². The normalized spacial score (nSPS) is 10.3. The van der Waals surface area contributed by atoms with Crippen molar-refractivity contribution >= 4 is 34.8 Å². The lowest BCUT2D eigenvalue weighted by atomic mass is 10.1. The van der Waals surface area contributed by atoms with Crippen molar-refractivity contribution in [2.45, 2.75) is 13.8 Å². The summed E-state index contributed by atoms with van der Waals surface area (Å²) in [6.07, 6.45) is 0. The number of hydrogen-bond donors (Lipinski definition) is 4. The van der Waals surface area contributed by atoms with E-state index in [-0.39, 0.29) is 24.3 Å². The van der Waals surface area contributed by atoms with Gasteiger partial charge in [-0.15, -0.1) is 0 Å². The van der Waals surface area contributed by atoms with Crippen LogP contribution < -0.4 is 21.7 Å². The van der Waals surface area contributed by atoms with Crippen LogP contribution in [0.1, 0.15) is 24.2 Å². The molecule has 3 amide bonds. The third-order valence-corrected chi connectivity index (χ3v) is 3.57. The SMILES string of the molecule is CC(C)C(=O)Nc1cccc(NC(=O)CNc2ccccc2C(N)=O)c1.